The van der Waals surface area contributed by atoms with Crippen LogP contribution in [-0.4, -0.2) is 26.9 Å². The second-order valence-corrected chi connectivity index (χ2v) is 3.68. The first kappa shape index (κ1) is 12.5. The monoisotopic (exact) mass is 264 g/mol. The maximum absolute atomic E-state index is 11.6. The highest BCUT2D eigenvalue weighted by Gasteiger charge is 2.16. The number of fused-ring (bicyclic) bond motifs is 1. The van der Waals surface area contributed by atoms with Crippen LogP contribution in [0.15, 0.2) is 23.0 Å². The molecule has 0 saturated carbocycles. The van der Waals surface area contributed by atoms with Crippen LogP contribution in [-0.2, 0) is 4.79 Å². The largest absolute Gasteiger partial charge is 0.504 e. The van der Waals surface area contributed by atoms with Crippen LogP contribution in [0.1, 0.15) is 0 Å². The molecule has 0 amide bonds. The molecule has 0 aliphatic carbocycles. The van der Waals surface area contributed by atoms with Crippen LogP contribution in [0, 0.1) is 0 Å². The first-order valence-corrected chi connectivity index (χ1v) is 5.01. The molecule has 7 heteroatoms. The smallest absolute Gasteiger partial charge is 0.298 e. The van der Waals surface area contributed by atoms with Crippen molar-refractivity contribution in [2.45, 2.75) is 0 Å². The fraction of sp³-hybridized carbons (Fsp3) is 0. The number of carbonyl (C=O) groups is 1. The molecule has 0 heterocycles. The minimum absolute atomic E-state index is 0.00394. The van der Waals surface area contributed by atoms with Gasteiger partial charge in [0.05, 0.1) is 5.39 Å². The van der Waals surface area contributed by atoms with Gasteiger partial charge in [-0.2, -0.15) is 0 Å². The van der Waals surface area contributed by atoms with Gasteiger partial charge in [-0.15, -0.1) is 0 Å². The molecule has 0 saturated heterocycles. The lowest BCUT2D eigenvalue weighted by molar-refractivity contribution is -0.120. The van der Waals surface area contributed by atoms with Gasteiger partial charge in [-0.1, -0.05) is 0 Å². The lowest BCUT2D eigenvalue weighted by atomic mass is 10.1. The summed E-state index contributed by atoms with van der Waals surface area (Å²) in [6.07, 6.45) is 0. The molecule has 0 aliphatic heterocycles. The molecule has 0 bridgehead atoms. The van der Waals surface area contributed by atoms with Crippen LogP contribution >= 0.6 is 0 Å². The summed E-state index contributed by atoms with van der Waals surface area (Å²) in [5.74, 6) is -3.40. The maximum atomic E-state index is 11.6. The van der Waals surface area contributed by atoms with Gasteiger partial charge in [-0.25, -0.2) is 0 Å². The van der Waals surface area contributed by atoms with Crippen molar-refractivity contribution in [3.05, 3.63) is 28.4 Å². The highest BCUT2D eigenvalue weighted by atomic mass is 16.5. The van der Waals surface area contributed by atoms with Crippen LogP contribution in [0.4, 0.5) is 0 Å². The van der Waals surface area contributed by atoms with Crippen LogP contribution < -0.4 is 10.2 Å². The van der Waals surface area contributed by atoms with E-state index in [1.165, 1.54) is 0 Å². The second kappa shape index (κ2) is 4.37. The minimum atomic E-state index is -0.924. The van der Waals surface area contributed by atoms with Gasteiger partial charge in [0.1, 0.15) is 5.75 Å². The molecule has 19 heavy (non-hydrogen) atoms. The third-order valence-electron chi connectivity index (χ3n) is 2.51. The van der Waals surface area contributed by atoms with Crippen LogP contribution in [0.2, 0.25) is 0 Å². The Balaban J connectivity index is 3.03. The summed E-state index contributed by atoms with van der Waals surface area (Å²) in [5, 5.41) is 37.8. The zero-order valence-corrected chi connectivity index (χ0v) is 9.32. The number of aromatic hydroxyl groups is 4. The molecule has 2 aromatic rings. The Kier molecular flexibility index (Phi) is 2.88. The van der Waals surface area contributed by atoms with Crippen molar-refractivity contribution >= 4 is 17.2 Å². The first-order valence-electron chi connectivity index (χ1n) is 5.01. The molecular formula is C12H8O7. The predicted octanol–water partition coefficient (Wildman–Crippen LogP) is 0.558. The molecule has 0 unspecified atom stereocenters. The van der Waals surface area contributed by atoms with Crippen LogP contribution in [0.25, 0.3) is 10.8 Å². The van der Waals surface area contributed by atoms with Gasteiger partial charge in [0, 0.05) is 6.07 Å². The number of benzene rings is 1. The molecule has 0 spiro atoms. The molecule has 7 nitrogen and oxygen atoms in total. The Labute approximate surface area is 105 Å². The normalized spacial score (nSPS) is 10.3. The molecule has 2 rings (SSSR count). The molecule has 4 N–H and O–H groups in total. The van der Waals surface area contributed by atoms with Crippen LogP contribution in [0.3, 0.4) is 0 Å². The van der Waals surface area contributed by atoms with Gasteiger partial charge < -0.3 is 25.2 Å². The molecule has 0 radical (unpaired) electrons. The van der Waals surface area contributed by atoms with Crippen molar-refractivity contribution in [3.63, 3.8) is 0 Å². The van der Waals surface area contributed by atoms with E-state index in [9.17, 15) is 30.0 Å². The van der Waals surface area contributed by atoms with E-state index < -0.39 is 28.4 Å². The maximum Gasteiger partial charge on any atom is 0.298 e. The van der Waals surface area contributed by atoms with Crippen molar-refractivity contribution in [1.82, 2.24) is 0 Å². The van der Waals surface area contributed by atoms with E-state index in [-0.39, 0.29) is 23.0 Å². The zero-order chi connectivity index (χ0) is 14.2. The number of hydrogen-bond donors (Lipinski definition) is 4. The van der Waals surface area contributed by atoms with Gasteiger partial charge in [-0.3, -0.25) is 9.59 Å². The SMILES string of the molecule is O=COc1cc(=O)c(O)c2c(O)c(O)c(O)cc2c1. The van der Waals surface area contributed by atoms with Crippen molar-refractivity contribution < 1.29 is 30.0 Å². The Hall–Kier alpha value is -2.96. The Bertz CT molecular complexity index is 736. The summed E-state index contributed by atoms with van der Waals surface area (Å²) in [7, 11) is 0. The Morgan fingerprint density at radius 3 is 2.26 bits per heavy atom. The van der Waals surface area contributed by atoms with Crippen molar-refractivity contribution in [3.8, 4) is 28.7 Å². The van der Waals surface area contributed by atoms with Crippen molar-refractivity contribution in [2.24, 2.45) is 0 Å². The van der Waals surface area contributed by atoms with Crippen molar-refractivity contribution in [1.29, 1.82) is 0 Å². The summed E-state index contributed by atoms with van der Waals surface area (Å²) in [6.45, 7) is 0.0811. The highest BCUT2D eigenvalue weighted by molar-refractivity contribution is 5.96. The van der Waals surface area contributed by atoms with Gasteiger partial charge in [0.2, 0.25) is 11.2 Å². The molecule has 98 valence electrons. The molecule has 0 atom stereocenters. The lowest BCUT2D eigenvalue weighted by Gasteiger charge is -2.04. The average Bonchev–Trinajstić information content (AvgIpc) is 2.46. The van der Waals surface area contributed by atoms with E-state index in [0.29, 0.717) is 0 Å². The third-order valence-corrected chi connectivity index (χ3v) is 2.51. The third kappa shape index (κ3) is 1.97. The quantitative estimate of drug-likeness (QED) is 0.461. The van der Waals surface area contributed by atoms with Gasteiger partial charge in [0.15, 0.2) is 17.2 Å². The fourth-order valence-corrected chi connectivity index (χ4v) is 1.67. The number of ether oxygens (including phenoxy) is 1. The number of carbonyl (C=O) groups excluding carboxylic acids is 1. The predicted molar refractivity (Wildman–Crippen MR) is 63.6 cm³/mol. The molecular weight excluding hydrogens is 256 g/mol. The Morgan fingerprint density at radius 2 is 1.63 bits per heavy atom. The number of phenolic OH excluding ortho intramolecular Hbond substituents is 3. The zero-order valence-electron chi connectivity index (χ0n) is 9.32. The van der Waals surface area contributed by atoms with Crippen molar-refractivity contribution in [2.75, 3.05) is 0 Å². The summed E-state index contributed by atoms with van der Waals surface area (Å²) in [6, 6.07) is 2.97. The first-order chi connectivity index (χ1) is 8.95. The molecule has 0 fully saturated rings. The van der Waals surface area contributed by atoms with Gasteiger partial charge >= 0.3 is 0 Å². The van der Waals surface area contributed by atoms with E-state index in [1.807, 2.05) is 0 Å². The van der Waals surface area contributed by atoms with E-state index >= 15 is 0 Å². The van der Waals surface area contributed by atoms with E-state index in [1.54, 1.807) is 0 Å². The fourth-order valence-electron chi connectivity index (χ4n) is 1.67. The lowest BCUT2D eigenvalue weighted by Crippen LogP contribution is -1.96. The molecule has 0 aromatic heterocycles. The topological polar surface area (TPSA) is 124 Å². The molecule has 2 aromatic carbocycles. The summed E-state index contributed by atoms with van der Waals surface area (Å²) in [5.41, 5.74) is -0.924. The van der Waals surface area contributed by atoms with Gasteiger partial charge in [0.25, 0.3) is 6.47 Å². The summed E-state index contributed by atoms with van der Waals surface area (Å²) >= 11 is 0. The van der Waals surface area contributed by atoms with E-state index in [4.69, 9.17) is 0 Å². The van der Waals surface area contributed by atoms with E-state index in [0.717, 1.165) is 18.2 Å². The summed E-state index contributed by atoms with van der Waals surface area (Å²) in [4.78, 5) is 21.8. The number of phenols is 3. The number of rotatable bonds is 2. The van der Waals surface area contributed by atoms with E-state index in [2.05, 4.69) is 4.74 Å². The standard InChI is InChI=1S/C12H8O7/c13-4-19-6-1-5-2-7(14)11(17)12(18)9(5)10(16)8(15)3-6/h1-4,14,17-18H,(H,15,16). The molecule has 0 aliphatic rings. The Morgan fingerprint density at radius 1 is 0.947 bits per heavy atom. The number of hydrogen-bond acceptors (Lipinski definition) is 7. The van der Waals surface area contributed by atoms with Crippen LogP contribution in [0.5, 0.6) is 28.7 Å². The average molecular weight is 264 g/mol. The second-order valence-electron chi connectivity index (χ2n) is 3.68. The highest BCUT2D eigenvalue weighted by Crippen LogP contribution is 2.43. The van der Waals surface area contributed by atoms with Gasteiger partial charge in [-0.05, 0) is 17.5 Å². The minimum Gasteiger partial charge on any atom is -0.504 e. The summed E-state index contributed by atoms with van der Waals surface area (Å²) < 4.78 is 4.50.